The van der Waals surface area contributed by atoms with Gasteiger partial charge in [-0.15, -0.1) is 55.0 Å². The third-order valence-corrected chi connectivity index (χ3v) is 4.50. The van der Waals surface area contributed by atoms with Gasteiger partial charge < -0.3 is 6.92 Å². The molecule has 0 amide bonds. The molecule has 0 saturated heterocycles. The topological polar surface area (TPSA) is 0 Å². The number of halogens is 2. The van der Waals surface area contributed by atoms with E-state index in [-0.39, 0.29) is 24.8 Å². The zero-order chi connectivity index (χ0) is 23.6. The smallest absolute Gasteiger partial charge is 0.171 e. The van der Waals surface area contributed by atoms with E-state index in [1.165, 1.54) is 52.1 Å². The Labute approximate surface area is 234 Å². The van der Waals surface area contributed by atoms with E-state index >= 15 is 0 Å². The van der Waals surface area contributed by atoms with Gasteiger partial charge in [0.25, 0.3) is 0 Å². The quantitative estimate of drug-likeness (QED) is 0.213. The van der Waals surface area contributed by atoms with Gasteiger partial charge in [-0.1, -0.05) is 42.0 Å². The van der Waals surface area contributed by atoms with Crippen molar-refractivity contribution >= 4 is 41.2 Å². The summed E-state index contributed by atoms with van der Waals surface area (Å²) in [7, 11) is 0. The van der Waals surface area contributed by atoms with Crippen molar-refractivity contribution in [3.05, 3.63) is 139 Å². The summed E-state index contributed by atoms with van der Waals surface area (Å²) < 4.78 is 3.34. The first-order valence-electron chi connectivity index (χ1n) is 10.4. The van der Waals surface area contributed by atoms with Crippen LogP contribution >= 0.6 is 24.8 Å². The first-order valence-corrected chi connectivity index (χ1v) is 12.2. The molecule has 0 aliphatic heterocycles. The Morgan fingerprint density at radius 3 is 2.00 bits per heavy atom. The van der Waals surface area contributed by atoms with E-state index in [0.717, 1.165) is 18.4 Å². The minimum atomic E-state index is 0. The molecule has 178 valence electrons. The van der Waals surface area contributed by atoms with E-state index < -0.39 is 0 Å². The number of hydrogen-bond acceptors (Lipinski definition) is 0. The van der Waals surface area contributed by atoms with Crippen LogP contribution in [0.5, 0.6) is 0 Å². The molecular formula is C31H32Cl2Zr-4. The van der Waals surface area contributed by atoms with Gasteiger partial charge in [-0.25, -0.2) is 12.2 Å². The van der Waals surface area contributed by atoms with Crippen molar-refractivity contribution in [3.8, 4) is 11.1 Å². The SMILES string of the molecule is C=Cc1c[c-]c2c(c1)-c1cc(C=C)ccc1C2.Cl.Cl.[C-]1=CC=CC1.[CH2-]C.[CH2]=[Zr].[c-]1ccccc1. The minimum Gasteiger partial charge on any atom is -0.184 e. The monoisotopic (exact) mass is 564 g/mol. The Morgan fingerprint density at radius 2 is 1.56 bits per heavy atom. The van der Waals surface area contributed by atoms with E-state index in [9.17, 15) is 0 Å². The van der Waals surface area contributed by atoms with Crippen LogP contribution in [0.2, 0.25) is 0 Å². The molecule has 2 aliphatic carbocycles. The van der Waals surface area contributed by atoms with Crippen molar-refractivity contribution in [2.75, 3.05) is 0 Å². The Hall–Kier alpha value is -2.05. The van der Waals surface area contributed by atoms with E-state index in [1.807, 2.05) is 60.7 Å². The van der Waals surface area contributed by atoms with Crippen molar-refractivity contribution in [2.24, 2.45) is 0 Å². The van der Waals surface area contributed by atoms with Crippen molar-refractivity contribution in [2.45, 2.75) is 19.8 Å². The van der Waals surface area contributed by atoms with Crippen LogP contribution < -0.4 is 0 Å². The Bertz CT molecular complexity index is 929. The van der Waals surface area contributed by atoms with Gasteiger partial charge in [0, 0.05) is 0 Å². The molecule has 0 saturated carbocycles. The standard InChI is InChI=1S/C17H13.C6H5.C5H5.C2H5.CH2.2ClH.Zr/c1-3-12-5-7-14-11-15-8-6-13(4-2)10-17(15)16(14)9-12;1-2-4-6-5-3-1;1-2-4-5-3-1;1-2;;;;/h3-7,9-10H,1-2,11H2;1-5H;1-3H,4H2;1H2,2H3;1H2;2*1H;/q4*-1;;;;. The molecular weight excluding hydrogens is 534 g/mol. The number of benzene rings is 3. The normalized spacial score (nSPS) is 10.1. The van der Waals surface area contributed by atoms with Crippen LogP contribution in [0.4, 0.5) is 0 Å². The molecule has 3 aromatic rings. The van der Waals surface area contributed by atoms with Crippen LogP contribution in [0.1, 0.15) is 35.6 Å². The summed E-state index contributed by atoms with van der Waals surface area (Å²) in [6, 6.07) is 26.6. The molecule has 0 aromatic heterocycles. The van der Waals surface area contributed by atoms with Gasteiger partial charge in [0.1, 0.15) is 0 Å². The molecule has 0 atom stereocenters. The largest absolute Gasteiger partial charge is 0.184 e. The molecule has 3 aromatic carbocycles. The molecule has 0 nitrogen and oxygen atoms in total. The molecule has 0 bridgehead atoms. The Morgan fingerprint density at radius 1 is 0.912 bits per heavy atom. The molecule has 5 rings (SSSR count). The van der Waals surface area contributed by atoms with Gasteiger partial charge in [-0.3, -0.25) is 6.08 Å². The average Bonchev–Trinajstić information content (AvgIpc) is 3.59. The predicted octanol–water partition coefficient (Wildman–Crippen LogP) is 8.79. The molecule has 0 radical (unpaired) electrons. The summed E-state index contributed by atoms with van der Waals surface area (Å²) in [6.07, 6.45) is 14.7. The van der Waals surface area contributed by atoms with Crippen molar-refractivity contribution < 1.29 is 24.2 Å². The van der Waals surface area contributed by atoms with Gasteiger partial charge in [0.05, 0.1) is 0 Å². The molecule has 0 heterocycles. The number of rotatable bonds is 2. The Kier molecular flexibility index (Phi) is 21.6. The zero-order valence-electron chi connectivity index (χ0n) is 19.7. The molecule has 0 fully saturated rings. The van der Waals surface area contributed by atoms with E-state index in [2.05, 4.69) is 72.8 Å². The van der Waals surface area contributed by atoms with Crippen LogP contribution in [0.25, 0.3) is 23.3 Å². The first-order chi connectivity index (χ1) is 15.8. The molecule has 0 unspecified atom stereocenters. The van der Waals surface area contributed by atoms with Crippen LogP contribution in [-0.4, -0.2) is 4.21 Å². The third-order valence-electron chi connectivity index (χ3n) is 4.50. The fourth-order valence-electron chi connectivity index (χ4n) is 3.05. The summed E-state index contributed by atoms with van der Waals surface area (Å²) in [4.78, 5) is 0. The van der Waals surface area contributed by atoms with E-state index in [1.54, 1.807) is 6.92 Å². The van der Waals surface area contributed by atoms with E-state index in [4.69, 9.17) is 0 Å². The first kappa shape index (κ1) is 34.1. The number of fused-ring (bicyclic) bond motifs is 3. The summed E-state index contributed by atoms with van der Waals surface area (Å²) in [5.74, 6) is 0. The second kappa shape index (κ2) is 21.5. The van der Waals surface area contributed by atoms with Crippen LogP contribution in [0.3, 0.4) is 0 Å². The van der Waals surface area contributed by atoms with Crippen LogP contribution in [0.15, 0.2) is 92.0 Å². The number of hydrogen-bond donors (Lipinski definition) is 0. The van der Waals surface area contributed by atoms with Gasteiger partial charge in [0.15, 0.2) is 0 Å². The van der Waals surface area contributed by atoms with Gasteiger partial charge in [-0.05, 0) is 12.0 Å². The van der Waals surface area contributed by atoms with Crippen LogP contribution in [-0.2, 0) is 30.7 Å². The molecule has 3 heteroatoms. The molecule has 2 aliphatic rings. The van der Waals surface area contributed by atoms with Crippen molar-refractivity contribution in [3.63, 3.8) is 0 Å². The second-order valence-electron chi connectivity index (χ2n) is 6.41. The van der Waals surface area contributed by atoms with Crippen molar-refractivity contribution in [1.82, 2.24) is 0 Å². The third kappa shape index (κ3) is 11.4. The maximum absolute atomic E-state index is 3.82. The zero-order valence-corrected chi connectivity index (χ0v) is 23.8. The fraction of sp³-hybridized carbons (Fsp3) is 0.0968. The molecule has 34 heavy (non-hydrogen) atoms. The van der Waals surface area contributed by atoms with Gasteiger partial charge in [-0.2, -0.15) is 73.2 Å². The Balaban J connectivity index is 0. The predicted molar refractivity (Wildman–Crippen MR) is 153 cm³/mol. The summed E-state index contributed by atoms with van der Waals surface area (Å²) in [6.45, 7) is 12.6. The maximum atomic E-state index is 3.82. The summed E-state index contributed by atoms with van der Waals surface area (Å²) >= 11 is 1.30. The van der Waals surface area contributed by atoms with E-state index in [0.29, 0.717) is 0 Å². The van der Waals surface area contributed by atoms with Crippen LogP contribution in [0, 0.1) is 25.1 Å². The summed E-state index contributed by atoms with van der Waals surface area (Å²) in [5, 5.41) is 0. The van der Waals surface area contributed by atoms with Gasteiger partial charge in [0.2, 0.25) is 0 Å². The maximum Gasteiger partial charge on any atom is -0.171 e. The van der Waals surface area contributed by atoms with Gasteiger partial charge >= 0.3 is 28.4 Å². The van der Waals surface area contributed by atoms with Crippen molar-refractivity contribution in [1.29, 1.82) is 0 Å². The molecule has 0 N–H and O–H groups in total. The second-order valence-corrected chi connectivity index (χ2v) is 6.41. The minimum absolute atomic E-state index is 0. The summed E-state index contributed by atoms with van der Waals surface area (Å²) in [5.41, 5.74) is 7.56. The average molecular weight is 567 g/mol. The fourth-order valence-corrected chi connectivity index (χ4v) is 3.05. The molecule has 0 spiro atoms. The number of allylic oxidation sites excluding steroid dienone is 4.